The maximum Gasteiger partial charge on any atom is 0.246 e. The number of fused-ring (bicyclic) bond motifs is 1. The molecule has 1 aliphatic heterocycles. The minimum Gasteiger partial charge on any atom is -0.381 e. The third-order valence-electron chi connectivity index (χ3n) is 3.73. The zero-order chi connectivity index (χ0) is 14.2. The molecule has 1 aliphatic rings. The normalized spacial score (nSPS) is 18.8. The molecule has 0 unspecified atom stereocenters. The molecule has 108 valence electrons. The number of hydrogen-bond donors (Lipinski definition) is 0. The summed E-state index contributed by atoms with van der Waals surface area (Å²) in [6.07, 6.45) is 1.10. The van der Waals surface area contributed by atoms with Crippen molar-refractivity contribution in [3.63, 3.8) is 0 Å². The third kappa shape index (κ3) is 2.35. The van der Waals surface area contributed by atoms with Gasteiger partial charge in [0.1, 0.15) is 10.7 Å². The van der Waals surface area contributed by atoms with Gasteiger partial charge in [0.2, 0.25) is 6.43 Å². The Kier molecular flexibility index (Phi) is 3.55. The van der Waals surface area contributed by atoms with Gasteiger partial charge in [0.25, 0.3) is 0 Å². The second-order valence-corrected chi connectivity index (χ2v) is 5.37. The SMILES string of the molecule is FC(F)C1(Cn2ncc3ncc(Cl)nc32)CCOCC1. The molecular formula is C12H13ClF2N4O. The van der Waals surface area contributed by atoms with E-state index in [0.717, 1.165) is 0 Å². The van der Waals surface area contributed by atoms with Gasteiger partial charge in [0, 0.05) is 13.2 Å². The molecule has 5 nitrogen and oxygen atoms in total. The van der Waals surface area contributed by atoms with Gasteiger partial charge in [-0.1, -0.05) is 11.6 Å². The average molecular weight is 303 g/mol. The minimum atomic E-state index is -2.43. The Morgan fingerprint density at radius 3 is 2.80 bits per heavy atom. The maximum absolute atomic E-state index is 13.5. The molecular weight excluding hydrogens is 290 g/mol. The lowest BCUT2D eigenvalue weighted by Crippen LogP contribution is -2.40. The van der Waals surface area contributed by atoms with Gasteiger partial charge in [-0.25, -0.2) is 23.4 Å². The first kappa shape index (κ1) is 13.6. The van der Waals surface area contributed by atoms with Crippen molar-refractivity contribution in [1.29, 1.82) is 0 Å². The second-order valence-electron chi connectivity index (χ2n) is 4.98. The fourth-order valence-corrected chi connectivity index (χ4v) is 2.59. The van der Waals surface area contributed by atoms with E-state index >= 15 is 0 Å². The van der Waals surface area contributed by atoms with Crippen molar-refractivity contribution in [2.45, 2.75) is 25.8 Å². The quantitative estimate of drug-likeness (QED) is 0.874. The predicted octanol–water partition coefficient (Wildman–Crippen LogP) is 2.54. The molecule has 0 bridgehead atoms. The van der Waals surface area contributed by atoms with Crippen LogP contribution in [0.1, 0.15) is 12.8 Å². The van der Waals surface area contributed by atoms with Crippen molar-refractivity contribution in [2.75, 3.05) is 13.2 Å². The van der Waals surface area contributed by atoms with Crippen LogP contribution in [0.4, 0.5) is 8.78 Å². The number of alkyl halides is 2. The molecule has 0 radical (unpaired) electrons. The first-order valence-corrected chi connectivity index (χ1v) is 6.68. The highest BCUT2D eigenvalue weighted by molar-refractivity contribution is 6.29. The molecule has 0 N–H and O–H groups in total. The van der Waals surface area contributed by atoms with Gasteiger partial charge >= 0.3 is 0 Å². The van der Waals surface area contributed by atoms with Gasteiger partial charge in [-0.05, 0) is 12.8 Å². The summed E-state index contributed by atoms with van der Waals surface area (Å²) in [5.74, 6) is 0. The van der Waals surface area contributed by atoms with Crippen LogP contribution in [0, 0.1) is 5.41 Å². The molecule has 1 fully saturated rings. The molecule has 3 rings (SSSR count). The lowest BCUT2D eigenvalue weighted by molar-refractivity contribution is -0.0897. The molecule has 20 heavy (non-hydrogen) atoms. The van der Waals surface area contributed by atoms with E-state index in [0.29, 0.717) is 37.2 Å². The zero-order valence-corrected chi connectivity index (χ0v) is 11.4. The summed E-state index contributed by atoms with van der Waals surface area (Å²) in [7, 11) is 0. The van der Waals surface area contributed by atoms with E-state index in [2.05, 4.69) is 15.1 Å². The van der Waals surface area contributed by atoms with E-state index in [1.165, 1.54) is 17.1 Å². The Morgan fingerprint density at radius 2 is 2.10 bits per heavy atom. The summed E-state index contributed by atoms with van der Waals surface area (Å²) < 4.78 is 33.6. The number of halogens is 3. The summed E-state index contributed by atoms with van der Waals surface area (Å²) in [5.41, 5.74) is -0.142. The van der Waals surface area contributed by atoms with Crippen LogP contribution in [-0.4, -0.2) is 39.4 Å². The van der Waals surface area contributed by atoms with Crippen LogP contribution in [0.15, 0.2) is 12.4 Å². The highest BCUT2D eigenvalue weighted by atomic mass is 35.5. The molecule has 0 atom stereocenters. The molecule has 3 heterocycles. The lowest BCUT2D eigenvalue weighted by atomic mass is 9.80. The van der Waals surface area contributed by atoms with Crippen molar-refractivity contribution < 1.29 is 13.5 Å². The van der Waals surface area contributed by atoms with Crippen molar-refractivity contribution in [3.8, 4) is 0 Å². The van der Waals surface area contributed by atoms with E-state index in [9.17, 15) is 8.78 Å². The Balaban J connectivity index is 1.96. The van der Waals surface area contributed by atoms with Gasteiger partial charge in [0.15, 0.2) is 5.65 Å². The lowest BCUT2D eigenvalue weighted by Gasteiger charge is -2.36. The fraction of sp³-hybridized carbons (Fsp3) is 0.583. The number of aromatic nitrogens is 4. The van der Waals surface area contributed by atoms with E-state index in [1.807, 2.05) is 0 Å². The van der Waals surface area contributed by atoms with E-state index in [-0.39, 0.29) is 11.7 Å². The Hall–Kier alpha value is -1.34. The van der Waals surface area contributed by atoms with Gasteiger partial charge in [0.05, 0.1) is 24.4 Å². The molecule has 8 heteroatoms. The second kappa shape index (κ2) is 5.21. The van der Waals surface area contributed by atoms with E-state index in [1.54, 1.807) is 0 Å². The topological polar surface area (TPSA) is 52.8 Å². The van der Waals surface area contributed by atoms with Crippen LogP contribution >= 0.6 is 11.6 Å². The molecule has 2 aromatic heterocycles. The van der Waals surface area contributed by atoms with Crippen LogP contribution in [0.3, 0.4) is 0 Å². The smallest absolute Gasteiger partial charge is 0.246 e. The molecule has 0 spiro atoms. The fourth-order valence-electron chi connectivity index (χ4n) is 2.47. The van der Waals surface area contributed by atoms with E-state index in [4.69, 9.17) is 16.3 Å². The number of nitrogens with zero attached hydrogens (tertiary/aromatic N) is 4. The van der Waals surface area contributed by atoms with E-state index < -0.39 is 11.8 Å². The largest absolute Gasteiger partial charge is 0.381 e. The van der Waals surface area contributed by atoms with Crippen molar-refractivity contribution in [3.05, 3.63) is 17.5 Å². The van der Waals surface area contributed by atoms with Gasteiger partial charge in [-0.2, -0.15) is 5.10 Å². The molecule has 1 saturated heterocycles. The van der Waals surface area contributed by atoms with Crippen molar-refractivity contribution in [1.82, 2.24) is 19.7 Å². The Bertz CT molecular complexity index is 613. The molecule has 0 aliphatic carbocycles. The summed E-state index contributed by atoms with van der Waals surface area (Å²) in [6, 6.07) is 0. The molecule has 0 amide bonds. The zero-order valence-electron chi connectivity index (χ0n) is 10.6. The maximum atomic E-state index is 13.5. The molecule has 0 saturated carbocycles. The minimum absolute atomic E-state index is 0.0898. The molecule has 0 aromatic carbocycles. The van der Waals surface area contributed by atoms with Gasteiger partial charge in [-0.3, -0.25) is 0 Å². The van der Waals surface area contributed by atoms with Crippen LogP contribution in [0.2, 0.25) is 5.15 Å². The average Bonchev–Trinajstić information content (AvgIpc) is 2.82. The van der Waals surface area contributed by atoms with Crippen molar-refractivity contribution in [2.24, 2.45) is 5.41 Å². The Morgan fingerprint density at radius 1 is 1.35 bits per heavy atom. The standard InChI is InChI=1S/C12H13ClF2N4O/c13-9-6-16-8-5-17-19(10(8)18-9)7-12(11(14)15)1-3-20-4-2-12/h5-6,11H,1-4,7H2. The van der Waals surface area contributed by atoms with Gasteiger partial charge in [-0.15, -0.1) is 0 Å². The highest BCUT2D eigenvalue weighted by Gasteiger charge is 2.42. The summed E-state index contributed by atoms with van der Waals surface area (Å²) >= 11 is 5.80. The number of hydrogen-bond acceptors (Lipinski definition) is 4. The predicted molar refractivity (Wildman–Crippen MR) is 68.8 cm³/mol. The third-order valence-corrected chi connectivity index (χ3v) is 3.91. The highest BCUT2D eigenvalue weighted by Crippen LogP contribution is 2.38. The summed E-state index contributed by atoms with van der Waals surface area (Å²) in [5, 5.41) is 4.34. The van der Waals surface area contributed by atoms with Gasteiger partial charge < -0.3 is 4.74 Å². The summed E-state index contributed by atoms with van der Waals surface area (Å²) in [6.45, 7) is 0.776. The first-order chi connectivity index (χ1) is 9.61. The first-order valence-electron chi connectivity index (χ1n) is 6.31. The van der Waals surface area contributed by atoms with Crippen LogP contribution in [0.5, 0.6) is 0 Å². The molecule has 2 aromatic rings. The number of ether oxygens (including phenoxy) is 1. The monoisotopic (exact) mass is 302 g/mol. The Labute approximate surface area is 118 Å². The van der Waals surface area contributed by atoms with Crippen LogP contribution < -0.4 is 0 Å². The van der Waals surface area contributed by atoms with Crippen molar-refractivity contribution >= 4 is 22.8 Å². The van der Waals surface area contributed by atoms with Crippen LogP contribution in [0.25, 0.3) is 11.2 Å². The number of rotatable bonds is 3. The summed E-state index contributed by atoms with van der Waals surface area (Å²) in [4.78, 5) is 8.19. The van der Waals surface area contributed by atoms with Crippen LogP contribution in [-0.2, 0) is 11.3 Å².